The summed E-state index contributed by atoms with van der Waals surface area (Å²) in [6.45, 7) is 5.11. The van der Waals surface area contributed by atoms with Gasteiger partial charge < -0.3 is 48.6 Å². The molecule has 4 amide bonds. The van der Waals surface area contributed by atoms with E-state index < -0.39 is 59.8 Å². The van der Waals surface area contributed by atoms with Crippen molar-refractivity contribution in [3.63, 3.8) is 0 Å². The maximum Gasteiger partial charge on any atom is 0.326 e. The lowest BCUT2D eigenvalue weighted by Gasteiger charge is -2.27. The lowest BCUT2D eigenvalue weighted by Crippen LogP contribution is -2.70. The molecule has 1 aromatic heterocycles. The largest absolute Gasteiger partial charge is 0.480 e. The quantitative estimate of drug-likeness (QED) is 0.0523. The van der Waals surface area contributed by atoms with Gasteiger partial charge in [0, 0.05) is 11.9 Å². The number of unbranched alkanes of at least 4 members (excludes halogenated alkanes) is 2. The van der Waals surface area contributed by atoms with E-state index >= 15 is 0 Å². The molecule has 0 saturated heterocycles. The number of quaternary nitrogens is 3. The molecule has 45 heavy (non-hydrogen) atoms. The molecule has 0 unspecified atom stereocenters. The zero-order valence-electron chi connectivity index (χ0n) is 27.1. The van der Waals surface area contributed by atoms with Crippen LogP contribution in [0.2, 0.25) is 0 Å². The van der Waals surface area contributed by atoms with Crippen LogP contribution >= 0.6 is 11.8 Å². The molecule has 5 atom stereocenters. The van der Waals surface area contributed by atoms with Crippen LogP contribution in [0.25, 0.3) is 0 Å². The maximum atomic E-state index is 13.6. The molecule has 0 aliphatic rings. The number of carboxylic acids is 1. The van der Waals surface area contributed by atoms with Gasteiger partial charge in [0.05, 0.1) is 25.8 Å². The van der Waals surface area contributed by atoms with Crippen LogP contribution in [-0.2, 0) is 30.4 Å². The molecule has 1 aromatic rings. The van der Waals surface area contributed by atoms with Crippen molar-refractivity contribution in [2.75, 3.05) is 25.1 Å². The zero-order valence-corrected chi connectivity index (χ0v) is 27.9. The second-order valence-corrected chi connectivity index (χ2v) is 12.7. The van der Waals surface area contributed by atoms with Crippen LogP contribution in [0.4, 0.5) is 0 Å². The van der Waals surface area contributed by atoms with Gasteiger partial charge in [-0.15, -0.1) is 0 Å². The van der Waals surface area contributed by atoms with Crippen LogP contribution in [0.5, 0.6) is 0 Å². The third kappa shape index (κ3) is 16.1. The van der Waals surface area contributed by atoms with Crippen molar-refractivity contribution in [1.82, 2.24) is 31.2 Å². The molecule has 256 valence electrons. The van der Waals surface area contributed by atoms with Gasteiger partial charge in [0.2, 0.25) is 17.7 Å². The minimum atomic E-state index is -1.15. The number of carbonyl (C=O) groups excluding carboxylic acids is 4. The second kappa shape index (κ2) is 22.3. The molecule has 0 radical (unpaired) electrons. The summed E-state index contributed by atoms with van der Waals surface area (Å²) in [5, 5.41) is 20.5. The van der Waals surface area contributed by atoms with Crippen LogP contribution in [0, 0.1) is 5.92 Å². The highest BCUT2D eigenvalue weighted by Gasteiger charge is 2.32. The standard InChI is InChI=1S/C29H53N9O6S/c1-18(2)14-24(28(42)37-23(29(43)44)10-13-45-3)38-27(41)22(9-5-7-12-31)36-26(40)21(8-4-6-11-30)35-25(39)20(32)15-19-16-33-17-34-19/h16-18,20-24H,4-15,30-32H2,1-3H3,(H,33,34)(H,35,39)(H,36,40)(H,37,42)(H,38,41)(H,43,44)/p+3/t20-,21-,22-,23-,24-/m0/s1. The van der Waals surface area contributed by atoms with E-state index in [4.69, 9.17) is 0 Å². The van der Waals surface area contributed by atoms with Gasteiger partial charge in [0.1, 0.15) is 24.2 Å². The molecule has 0 aromatic carbocycles. The third-order valence-corrected chi connectivity index (χ3v) is 7.85. The molecule has 0 aliphatic carbocycles. The topological polar surface area (TPSA) is 265 Å². The van der Waals surface area contributed by atoms with Crippen LogP contribution < -0.4 is 38.5 Å². The Hall–Kier alpha value is -3.21. The number of aromatic nitrogens is 2. The minimum Gasteiger partial charge on any atom is -0.480 e. The molecule has 16 heteroatoms. The van der Waals surface area contributed by atoms with Gasteiger partial charge in [0.25, 0.3) is 5.91 Å². The SMILES string of the molecule is CSCC[C@H](NC(=O)[C@H](CC(C)C)NC(=O)[C@H](CCCC[NH3+])NC(=O)[C@H](CCCC[NH3+])NC(=O)[C@@H]([NH3+])Cc1cnc[nH]1)C(=O)O. The lowest BCUT2D eigenvalue weighted by atomic mass is 10.0. The predicted molar refractivity (Wildman–Crippen MR) is 170 cm³/mol. The third-order valence-electron chi connectivity index (χ3n) is 7.21. The summed E-state index contributed by atoms with van der Waals surface area (Å²) in [5.41, 5.74) is 12.4. The number of carbonyl (C=O) groups is 5. The summed E-state index contributed by atoms with van der Waals surface area (Å²) < 4.78 is 0. The number of imidazole rings is 1. The highest BCUT2D eigenvalue weighted by Crippen LogP contribution is 2.10. The highest BCUT2D eigenvalue weighted by molar-refractivity contribution is 7.98. The summed E-state index contributed by atoms with van der Waals surface area (Å²) in [5.74, 6) is -2.65. The van der Waals surface area contributed by atoms with Crippen molar-refractivity contribution >= 4 is 41.4 Å². The summed E-state index contributed by atoms with van der Waals surface area (Å²) in [7, 11) is 0. The highest BCUT2D eigenvalue weighted by atomic mass is 32.2. The van der Waals surface area contributed by atoms with Crippen molar-refractivity contribution in [3.05, 3.63) is 18.2 Å². The first-order valence-corrected chi connectivity index (χ1v) is 17.1. The number of aliphatic carboxylic acids is 1. The molecule has 0 aliphatic heterocycles. The monoisotopic (exact) mass is 658 g/mol. The fourth-order valence-corrected chi connectivity index (χ4v) is 5.12. The molecular weight excluding hydrogens is 602 g/mol. The summed E-state index contributed by atoms with van der Waals surface area (Å²) in [4.78, 5) is 72.0. The van der Waals surface area contributed by atoms with Crippen molar-refractivity contribution < 1.29 is 46.3 Å². The number of nitrogens with one attached hydrogen (secondary N) is 5. The number of aromatic amines is 1. The van der Waals surface area contributed by atoms with E-state index in [2.05, 4.69) is 48.4 Å². The van der Waals surface area contributed by atoms with Crippen LogP contribution in [0.3, 0.4) is 0 Å². The fourth-order valence-electron chi connectivity index (χ4n) is 4.65. The Bertz CT molecular complexity index is 1040. The number of H-pyrrole nitrogens is 1. The lowest BCUT2D eigenvalue weighted by molar-refractivity contribution is -0.403. The zero-order chi connectivity index (χ0) is 33.8. The van der Waals surface area contributed by atoms with E-state index in [1.54, 1.807) is 6.20 Å². The minimum absolute atomic E-state index is 0.0136. The molecule has 15 N–H and O–H groups in total. The van der Waals surface area contributed by atoms with Crippen molar-refractivity contribution in [2.45, 2.75) is 102 Å². The van der Waals surface area contributed by atoms with Gasteiger partial charge in [-0.1, -0.05) is 13.8 Å². The number of hydrogen-bond donors (Lipinski definition) is 9. The normalized spacial score (nSPS) is 14.6. The Labute approximate surface area is 269 Å². The Kier molecular flexibility index (Phi) is 19.7. The smallest absolute Gasteiger partial charge is 0.326 e. The van der Waals surface area contributed by atoms with Gasteiger partial charge in [-0.05, 0) is 69.3 Å². The molecular formula is C29H56N9O6S+3. The average Bonchev–Trinajstić information content (AvgIpc) is 3.50. The summed E-state index contributed by atoms with van der Waals surface area (Å²) >= 11 is 1.47. The van der Waals surface area contributed by atoms with Gasteiger partial charge in [-0.2, -0.15) is 11.8 Å². The molecule has 1 heterocycles. The summed E-state index contributed by atoms with van der Waals surface area (Å²) in [6, 6.07) is -4.64. The van der Waals surface area contributed by atoms with Gasteiger partial charge >= 0.3 is 5.97 Å². The summed E-state index contributed by atoms with van der Waals surface area (Å²) in [6.07, 6.45) is 9.17. The molecule has 0 fully saturated rings. The Balaban J connectivity index is 3.10. The molecule has 0 bridgehead atoms. The Morgan fingerprint density at radius 2 is 1.33 bits per heavy atom. The molecule has 0 saturated carbocycles. The van der Waals surface area contributed by atoms with Crippen molar-refractivity contribution in [1.29, 1.82) is 0 Å². The number of rotatable bonds is 24. The van der Waals surface area contributed by atoms with E-state index in [1.165, 1.54) is 18.1 Å². The number of carboxylic acid groups (broad SMARTS) is 1. The van der Waals surface area contributed by atoms with E-state index in [-0.39, 0.29) is 18.8 Å². The number of hydrogen-bond acceptors (Lipinski definition) is 7. The number of nitrogens with zero attached hydrogens (tertiary/aromatic N) is 1. The van der Waals surface area contributed by atoms with E-state index in [0.717, 1.165) is 18.5 Å². The van der Waals surface area contributed by atoms with E-state index in [9.17, 15) is 29.1 Å². The first kappa shape index (κ1) is 39.8. The first-order chi connectivity index (χ1) is 21.4. The molecule has 15 nitrogen and oxygen atoms in total. The predicted octanol–water partition coefficient (Wildman–Crippen LogP) is -2.79. The van der Waals surface area contributed by atoms with Crippen LogP contribution in [-0.4, -0.2) is 100.0 Å². The van der Waals surface area contributed by atoms with Gasteiger partial charge in [-0.25, -0.2) is 9.78 Å². The van der Waals surface area contributed by atoms with Gasteiger partial charge in [0.15, 0.2) is 6.04 Å². The average molecular weight is 659 g/mol. The Morgan fingerprint density at radius 3 is 1.80 bits per heavy atom. The van der Waals surface area contributed by atoms with Gasteiger partial charge in [-0.3, -0.25) is 19.2 Å². The van der Waals surface area contributed by atoms with Crippen molar-refractivity contribution in [3.8, 4) is 0 Å². The Morgan fingerprint density at radius 1 is 0.822 bits per heavy atom. The van der Waals surface area contributed by atoms with E-state index in [1.807, 2.05) is 20.1 Å². The van der Waals surface area contributed by atoms with Crippen LogP contribution in [0.1, 0.15) is 70.9 Å². The molecule has 0 spiro atoms. The van der Waals surface area contributed by atoms with E-state index in [0.29, 0.717) is 50.9 Å². The number of amides is 4. The van der Waals surface area contributed by atoms with Crippen LogP contribution in [0.15, 0.2) is 12.5 Å². The maximum absolute atomic E-state index is 13.6. The van der Waals surface area contributed by atoms with Crippen molar-refractivity contribution in [2.24, 2.45) is 5.92 Å². The second-order valence-electron chi connectivity index (χ2n) is 11.7. The molecule has 1 rings (SSSR count). The first-order valence-electron chi connectivity index (χ1n) is 15.7. The fraction of sp³-hybridized carbons (Fsp3) is 0.724. The number of thioether (sulfide) groups is 1.